The standard InChI is InChI=1S/C18H23FN4O4S/c1-13-11-23(12-14(2)26-13)28(24,25)10-9-21-18-20-8-7-17(22-18)27-16-5-3-15(19)4-6-16/h3-8,13-14H,9-12H2,1-2H3,(H,20,21,22). The maximum atomic E-state index is 13.0. The molecule has 1 fully saturated rings. The Morgan fingerprint density at radius 2 is 1.89 bits per heavy atom. The van der Waals surface area contributed by atoms with E-state index in [1.807, 2.05) is 13.8 Å². The highest BCUT2D eigenvalue weighted by molar-refractivity contribution is 7.89. The van der Waals surface area contributed by atoms with E-state index in [0.717, 1.165) is 0 Å². The number of nitrogens with zero attached hydrogens (tertiary/aromatic N) is 3. The maximum absolute atomic E-state index is 13.0. The summed E-state index contributed by atoms with van der Waals surface area (Å²) in [5, 5.41) is 2.90. The highest BCUT2D eigenvalue weighted by Crippen LogP contribution is 2.20. The third-order valence-electron chi connectivity index (χ3n) is 4.09. The molecule has 1 aliphatic heterocycles. The van der Waals surface area contributed by atoms with E-state index in [-0.39, 0.29) is 42.2 Å². The molecule has 0 amide bonds. The second-order valence-corrected chi connectivity index (χ2v) is 8.68. The third kappa shape index (κ3) is 5.60. The molecule has 2 unspecified atom stereocenters. The normalized spacial score (nSPS) is 20.7. The summed E-state index contributed by atoms with van der Waals surface area (Å²) < 4.78 is 50.6. The number of sulfonamides is 1. The molecular weight excluding hydrogens is 387 g/mol. The smallest absolute Gasteiger partial charge is 0.225 e. The lowest BCUT2D eigenvalue weighted by Gasteiger charge is -2.34. The Labute approximate surface area is 163 Å². The van der Waals surface area contributed by atoms with Crippen LogP contribution in [0.25, 0.3) is 0 Å². The van der Waals surface area contributed by atoms with Crippen molar-refractivity contribution in [1.29, 1.82) is 0 Å². The van der Waals surface area contributed by atoms with Crippen LogP contribution < -0.4 is 10.1 Å². The van der Waals surface area contributed by atoms with Crippen molar-refractivity contribution in [3.63, 3.8) is 0 Å². The van der Waals surface area contributed by atoms with Gasteiger partial charge in [0.15, 0.2) is 0 Å². The average Bonchev–Trinajstić information content (AvgIpc) is 2.63. The van der Waals surface area contributed by atoms with Crippen LogP contribution in [0.5, 0.6) is 11.6 Å². The van der Waals surface area contributed by atoms with Gasteiger partial charge in [0, 0.05) is 31.9 Å². The van der Waals surface area contributed by atoms with Crippen LogP contribution in [-0.2, 0) is 14.8 Å². The number of ether oxygens (including phenoxy) is 2. The minimum absolute atomic E-state index is 0.0845. The van der Waals surface area contributed by atoms with Gasteiger partial charge in [-0.1, -0.05) is 0 Å². The van der Waals surface area contributed by atoms with E-state index in [9.17, 15) is 12.8 Å². The fourth-order valence-corrected chi connectivity index (χ4v) is 4.38. The molecule has 2 atom stereocenters. The minimum atomic E-state index is -3.41. The zero-order valence-corrected chi connectivity index (χ0v) is 16.5. The number of nitrogens with one attached hydrogen (secondary N) is 1. The number of benzene rings is 1. The van der Waals surface area contributed by atoms with E-state index in [0.29, 0.717) is 18.8 Å². The Kier molecular flexibility index (Phi) is 6.42. The molecule has 0 spiro atoms. The van der Waals surface area contributed by atoms with Crippen molar-refractivity contribution in [3.05, 3.63) is 42.3 Å². The number of hydrogen-bond acceptors (Lipinski definition) is 7. The van der Waals surface area contributed by atoms with Gasteiger partial charge < -0.3 is 14.8 Å². The Balaban J connectivity index is 1.55. The van der Waals surface area contributed by atoms with Gasteiger partial charge in [0.2, 0.25) is 21.9 Å². The quantitative estimate of drug-likeness (QED) is 0.748. The summed E-state index contributed by atoms with van der Waals surface area (Å²) in [6.07, 6.45) is 1.24. The van der Waals surface area contributed by atoms with Gasteiger partial charge in [-0.2, -0.15) is 9.29 Å². The molecule has 3 rings (SSSR count). The molecule has 28 heavy (non-hydrogen) atoms. The maximum Gasteiger partial charge on any atom is 0.225 e. The number of rotatable bonds is 7. The second-order valence-electron chi connectivity index (χ2n) is 6.59. The minimum Gasteiger partial charge on any atom is -0.439 e. The zero-order valence-electron chi connectivity index (χ0n) is 15.7. The number of hydrogen-bond donors (Lipinski definition) is 1. The Bertz CT molecular complexity index is 885. The molecule has 0 radical (unpaired) electrons. The van der Waals surface area contributed by atoms with E-state index in [1.54, 1.807) is 6.07 Å². The average molecular weight is 410 g/mol. The summed E-state index contributed by atoms with van der Waals surface area (Å²) in [5.41, 5.74) is 0. The first-order valence-corrected chi connectivity index (χ1v) is 10.6. The first kappa shape index (κ1) is 20.4. The van der Waals surface area contributed by atoms with E-state index >= 15 is 0 Å². The molecule has 1 aromatic heterocycles. The van der Waals surface area contributed by atoms with E-state index in [4.69, 9.17) is 9.47 Å². The number of halogens is 1. The summed E-state index contributed by atoms with van der Waals surface area (Å²) in [7, 11) is -3.41. The summed E-state index contributed by atoms with van der Waals surface area (Å²) in [6, 6.07) is 7.10. The van der Waals surface area contributed by atoms with Crippen LogP contribution >= 0.6 is 0 Å². The summed E-state index contributed by atoms with van der Waals surface area (Å²) in [6.45, 7) is 4.57. The second kappa shape index (κ2) is 8.80. The van der Waals surface area contributed by atoms with Gasteiger partial charge >= 0.3 is 0 Å². The van der Waals surface area contributed by atoms with Gasteiger partial charge in [-0.3, -0.25) is 0 Å². The topological polar surface area (TPSA) is 93.7 Å². The van der Waals surface area contributed by atoms with Crippen molar-refractivity contribution in [2.24, 2.45) is 0 Å². The molecular formula is C18H23FN4O4S. The Morgan fingerprint density at radius 3 is 2.57 bits per heavy atom. The predicted octanol–water partition coefficient (Wildman–Crippen LogP) is 2.26. The first-order chi connectivity index (χ1) is 13.3. The van der Waals surface area contributed by atoms with Crippen molar-refractivity contribution < 1.29 is 22.3 Å². The molecule has 10 heteroatoms. The van der Waals surface area contributed by atoms with E-state index in [1.165, 1.54) is 34.8 Å². The zero-order chi connectivity index (χ0) is 20.1. The van der Waals surface area contributed by atoms with Crippen LogP contribution in [-0.4, -0.2) is 60.3 Å². The van der Waals surface area contributed by atoms with Crippen molar-refractivity contribution in [1.82, 2.24) is 14.3 Å². The van der Waals surface area contributed by atoms with Crippen LogP contribution in [0.15, 0.2) is 36.5 Å². The summed E-state index contributed by atoms with van der Waals surface area (Å²) in [4.78, 5) is 8.24. The third-order valence-corrected chi connectivity index (χ3v) is 5.89. The molecule has 2 heterocycles. The van der Waals surface area contributed by atoms with Crippen molar-refractivity contribution in [2.45, 2.75) is 26.1 Å². The van der Waals surface area contributed by atoms with Crippen LogP contribution in [0.3, 0.4) is 0 Å². The van der Waals surface area contributed by atoms with Crippen molar-refractivity contribution >= 4 is 16.0 Å². The van der Waals surface area contributed by atoms with Crippen LogP contribution in [0.1, 0.15) is 13.8 Å². The van der Waals surface area contributed by atoms with Gasteiger partial charge in [-0.05, 0) is 38.1 Å². The Hall–Kier alpha value is -2.30. The number of aromatic nitrogens is 2. The van der Waals surface area contributed by atoms with Gasteiger partial charge in [-0.15, -0.1) is 0 Å². The molecule has 2 aromatic rings. The van der Waals surface area contributed by atoms with E-state index in [2.05, 4.69) is 15.3 Å². The molecule has 0 saturated carbocycles. The molecule has 1 saturated heterocycles. The monoisotopic (exact) mass is 410 g/mol. The Morgan fingerprint density at radius 1 is 1.21 bits per heavy atom. The molecule has 1 aromatic carbocycles. The first-order valence-electron chi connectivity index (χ1n) is 8.95. The molecule has 8 nitrogen and oxygen atoms in total. The van der Waals surface area contributed by atoms with Gasteiger partial charge in [-0.25, -0.2) is 17.8 Å². The molecule has 1 aliphatic rings. The van der Waals surface area contributed by atoms with Crippen LogP contribution in [0.2, 0.25) is 0 Å². The van der Waals surface area contributed by atoms with Crippen molar-refractivity contribution in [2.75, 3.05) is 30.7 Å². The highest BCUT2D eigenvalue weighted by atomic mass is 32.2. The summed E-state index contributed by atoms with van der Waals surface area (Å²) in [5.74, 6) is 0.506. The lowest BCUT2D eigenvalue weighted by Crippen LogP contribution is -2.49. The van der Waals surface area contributed by atoms with Crippen LogP contribution in [0.4, 0.5) is 10.3 Å². The number of anilines is 1. The van der Waals surface area contributed by atoms with Crippen molar-refractivity contribution in [3.8, 4) is 11.6 Å². The predicted molar refractivity (Wildman–Crippen MR) is 102 cm³/mol. The molecule has 0 bridgehead atoms. The largest absolute Gasteiger partial charge is 0.439 e. The molecule has 0 aliphatic carbocycles. The molecule has 1 N–H and O–H groups in total. The van der Waals surface area contributed by atoms with Gasteiger partial charge in [0.1, 0.15) is 11.6 Å². The fourth-order valence-electron chi connectivity index (χ4n) is 2.89. The lowest BCUT2D eigenvalue weighted by molar-refractivity contribution is -0.0440. The van der Waals surface area contributed by atoms with Gasteiger partial charge in [0.25, 0.3) is 0 Å². The van der Waals surface area contributed by atoms with E-state index < -0.39 is 10.0 Å². The molecule has 152 valence electrons. The summed E-state index contributed by atoms with van der Waals surface area (Å²) >= 11 is 0. The fraction of sp³-hybridized carbons (Fsp3) is 0.444. The highest BCUT2D eigenvalue weighted by Gasteiger charge is 2.30. The van der Waals surface area contributed by atoms with Crippen LogP contribution in [0, 0.1) is 5.82 Å². The number of morpholine rings is 1. The lowest BCUT2D eigenvalue weighted by atomic mass is 10.3. The SMILES string of the molecule is CC1CN(S(=O)(=O)CCNc2nccc(Oc3ccc(F)cc3)n2)CC(C)O1. The van der Waals surface area contributed by atoms with Gasteiger partial charge in [0.05, 0.1) is 18.0 Å².